The number of rotatable bonds is 4. The topological polar surface area (TPSA) is 75.5 Å². The fraction of sp³-hybridized carbons (Fsp3) is 0.562. The maximum atomic E-state index is 11.4. The van der Waals surface area contributed by atoms with Crippen molar-refractivity contribution in [3.05, 3.63) is 33.9 Å². The van der Waals surface area contributed by atoms with Gasteiger partial charge in [-0.25, -0.2) is 0 Å². The first-order valence-electron chi connectivity index (χ1n) is 7.86. The van der Waals surface area contributed by atoms with Crippen LogP contribution in [0.5, 0.6) is 0 Å². The zero-order chi connectivity index (χ0) is 15.7. The minimum absolute atomic E-state index is 0.0121. The fourth-order valence-corrected chi connectivity index (χ4v) is 3.64. The van der Waals surface area contributed by atoms with E-state index in [0.29, 0.717) is 17.3 Å². The van der Waals surface area contributed by atoms with Crippen LogP contribution in [-0.2, 0) is 0 Å². The molecule has 1 N–H and O–H groups in total. The highest BCUT2D eigenvalue weighted by Crippen LogP contribution is 2.32. The first kappa shape index (κ1) is 15.0. The molecular formula is C16H21N3O3. The molecule has 3 rings (SSSR count). The van der Waals surface area contributed by atoms with Crippen molar-refractivity contribution >= 4 is 17.2 Å². The summed E-state index contributed by atoms with van der Waals surface area (Å²) in [5.74, 6) is -0.158. The second kappa shape index (κ2) is 6.04. The van der Waals surface area contributed by atoms with Gasteiger partial charge < -0.3 is 5.32 Å². The molecule has 0 bridgehead atoms. The van der Waals surface area contributed by atoms with Gasteiger partial charge in [0, 0.05) is 30.3 Å². The van der Waals surface area contributed by atoms with Gasteiger partial charge in [0.15, 0.2) is 5.78 Å². The SMILES string of the molecule is CC(=O)c1ccc(NC2CCN3CCCCC23)c([N+](=O)[O-])c1. The molecule has 6 nitrogen and oxygen atoms in total. The summed E-state index contributed by atoms with van der Waals surface area (Å²) >= 11 is 0. The van der Waals surface area contributed by atoms with Crippen molar-refractivity contribution in [3.63, 3.8) is 0 Å². The van der Waals surface area contributed by atoms with Gasteiger partial charge in [-0.2, -0.15) is 0 Å². The molecule has 2 heterocycles. The molecule has 2 unspecified atom stereocenters. The van der Waals surface area contributed by atoms with Crippen molar-refractivity contribution in [1.82, 2.24) is 4.90 Å². The van der Waals surface area contributed by atoms with Crippen LogP contribution in [0, 0.1) is 10.1 Å². The molecule has 22 heavy (non-hydrogen) atoms. The summed E-state index contributed by atoms with van der Waals surface area (Å²) in [6.45, 7) is 3.61. The molecule has 2 fully saturated rings. The summed E-state index contributed by atoms with van der Waals surface area (Å²) in [6.07, 6.45) is 4.63. The van der Waals surface area contributed by atoms with Crippen molar-refractivity contribution in [2.75, 3.05) is 18.4 Å². The van der Waals surface area contributed by atoms with Crippen LogP contribution >= 0.6 is 0 Å². The molecule has 0 aliphatic carbocycles. The van der Waals surface area contributed by atoms with E-state index in [2.05, 4.69) is 10.2 Å². The highest BCUT2D eigenvalue weighted by molar-refractivity contribution is 5.95. The molecular weight excluding hydrogens is 282 g/mol. The second-order valence-corrected chi connectivity index (χ2v) is 6.18. The minimum atomic E-state index is -0.414. The first-order chi connectivity index (χ1) is 10.6. The molecule has 0 saturated carbocycles. The fourth-order valence-electron chi connectivity index (χ4n) is 3.64. The number of nitro benzene ring substituents is 1. The molecule has 6 heteroatoms. The molecule has 1 aromatic carbocycles. The normalized spacial score (nSPS) is 24.8. The Morgan fingerprint density at radius 3 is 2.86 bits per heavy atom. The lowest BCUT2D eigenvalue weighted by Crippen LogP contribution is -2.41. The number of hydrogen-bond donors (Lipinski definition) is 1. The predicted molar refractivity (Wildman–Crippen MR) is 84.3 cm³/mol. The second-order valence-electron chi connectivity index (χ2n) is 6.18. The number of carbonyl (C=O) groups is 1. The maximum Gasteiger partial charge on any atom is 0.293 e. The lowest BCUT2D eigenvalue weighted by molar-refractivity contribution is -0.384. The Labute approximate surface area is 129 Å². The van der Waals surface area contributed by atoms with Crippen molar-refractivity contribution < 1.29 is 9.72 Å². The third-order valence-electron chi connectivity index (χ3n) is 4.80. The Hall–Kier alpha value is -1.95. The zero-order valence-electron chi connectivity index (χ0n) is 12.7. The van der Waals surface area contributed by atoms with Gasteiger partial charge in [-0.05, 0) is 44.9 Å². The van der Waals surface area contributed by atoms with Crippen molar-refractivity contribution in [3.8, 4) is 0 Å². The molecule has 2 aliphatic rings. The molecule has 2 saturated heterocycles. The number of Topliss-reactive ketones (excluding diaryl/α,β-unsaturated/α-hetero) is 1. The van der Waals surface area contributed by atoms with Gasteiger partial charge in [0.2, 0.25) is 0 Å². The van der Waals surface area contributed by atoms with E-state index in [0.717, 1.165) is 25.9 Å². The van der Waals surface area contributed by atoms with E-state index in [1.165, 1.54) is 25.8 Å². The molecule has 2 aliphatic heterocycles. The van der Waals surface area contributed by atoms with Crippen LogP contribution in [0.1, 0.15) is 43.0 Å². The molecule has 0 aromatic heterocycles. The number of anilines is 1. The lowest BCUT2D eigenvalue weighted by Gasteiger charge is -2.32. The summed E-state index contributed by atoms with van der Waals surface area (Å²) in [5, 5.41) is 14.7. The summed E-state index contributed by atoms with van der Waals surface area (Å²) < 4.78 is 0. The first-order valence-corrected chi connectivity index (χ1v) is 7.86. The molecule has 118 valence electrons. The van der Waals surface area contributed by atoms with Gasteiger partial charge in [-0.3, -0.25) is 19.8 Å². The number of hydrogen-bond acceptors (Lipinski definition) is 5. The molecule has 1 aromatic rings. The van der Waals surface area contributed by atoms with Crippen LogP contribution in [-0.4, -0.2) is 40.8 Å². The Morgan fingerprint density at radius 1 is 1.32 bits per heavy atom. The van der Waals surface area contributed by atoms with E-state index < -0.39 is 4.92 Å². The number of nitrogens with zero attached hydrogens (tertiary/aromatic N) is 2. The molecule has 0 amide bonds. The number of ketones is 1. The third kappa shape index (κ3) is 2.83. The number of nitrogens with one attached hydrogen (secondary N) is 1. The quantitative estimate of drug-likeness (QED) is 0.526. The Kier molecular flexibility index (Phi) is 4.11. The van der Waals surface area contributed by atoms with Crippen molar-refractivity contribution in [2.45, 2.75) is 44.7 Å². The molecule has 0 spiro atoms. The summed E-state index contributed by atoms with van der Waals surface area (Å²) in [5.41, 5.74) is 0.886. The predicted octanol–water partition coefficient (Wildman–Crippen LogP) is 2.84. The average Bonchev–Trinajstić information content (AvgIpc) is 2.90. The van der Waals surface area contributed by atoms with Gasteiger partial charge in [0.05, 0.1) is 4.92 Å². The standard InChI is InChI=1S/C16H21N3O3/c1-11(20)12-5-6-13(16(10-12)19(21)22)17-14-7-9-18-8-3-2-4-15(14)18/h5-6,10,14-15,17H,2-4,7-9H2,1H3. The average molecular weight is 303 g/mol. The van der Waals surface area contributed by atoms with E-state index in [1.54, 1.807) is 12.1 Å². The van der Waals surface area contributed by atoms with E-state index in [1.807, 2.05) is 0 Å². The van der Waals surface area contributed by atoms with Crippen LogP contribution < -0.4 is 5.32 Å². The lowest BCUT2D eigenvalue weighted by atomic mass is 9.98. The smallest absolute Gasteiger partial charge is 0.293 e. The largest absolute Gasteiger partial charge is 0.375 e. The summed E-state index contributed by atoms with van der Waals surface area (Å²) in [7, 11) is 0. The number of carbonyl (C=O) groups excluding carboxylic acids is 1. The number of nitro groups is 1. The maximum absolute atomic E-state index is 11.4. The Morgan fingerprint density at radius 2 is 2.14 bits per heavy atom. The highest BCUT2D eigenvalue weighted by atomic mass is 16.6. The Balaban J connectivity index is 1.82. The zero-order valence-corrected chi connectivity index (χ0v) is 12.7. The van der Waals surface area contributed by atoms with Crippen LogP contribution in [0.15, 0.2) is 18.2 Å². The molecule has 0 radical (unpaired) electrons. The van der Waals surface area contributed by atoms with Crippen molar-refractivity contribution in [2.24, 2.45) is 0 Å². The highest BCUT2D eigenvalue weighted by Gasteiger charge is 2.36. The third-order valence-corrected chi connectivity index (χ3v) is 4.80. The monoisotopic (exact) mass is 303 g/mol. The summed E-state index contributed by atoms with van der Waals surface area (Å²) in [4.78, 5) is 24.8. The summed E-state index contributed by atoms with van der Waals surface area (Å²) in [6, 6.07) is 5.42. The minimum Gasteiger partial charge on any atom is -0.375 e. The van der Waals surface area contributed by atoms with Gasteiger partial charge in [-0.1, -0.05) is 6.42 Å². The van der Waals surface area contributed by atoms with Crippen LogP contribution in [0.25, 0.3) is 0 Å². The van der Waals surface area contributed by atoms with Gasteiger partial charge in [-0.15, -0.1) is 0 Å². The van der Waals surface area contributed by atoms with Gasteiger partial charge in [0.1, 0.15) is 5.69 Å². The number of piperidine rings is 1. The van der Waals surface area contributed by atoms with Gasteiger partial charge >= 0.3 is 0 Å². The van der Waals surface area contributed by atoms with E-state index in [-0.39, 0.29) is 17.5 Å². The van der Waals surface area contributed by atoms with Crippen LogP contribution in [0.2, 0.25) is 0 Å². The van der Waals surface area contributed by atoms with E-state index in [4.69, 9.17) is 0 Å². The Bertz CT molecular complexity index is 602. The number of benzene rings is 1. The van der Waals surface area contributed by atoms with Crippen molar-refractivity contribution in [1.29, 1.82) is 0 Å². The van der Waals surface area contributed by atoms with Crippen LogP contribution in [0.4, 0.5) is 11.4 Å². The van der Waals surface area contributed by atoms with Gasteiger partial charge in [0.25, 0.3) is 5.69 Å². The molecule has 2 atom stereocenters. The van der Waals surface area contributed by atoms with E-state index in [9.17, 15) is 14.9 Å². The van der Waals surface area contributed by atoms with Crippen LogP contribution in [0.3, 0.4) is 0 Å². The van der Waals surface area contributed by atoms with E-state index >= 15 is 0 Å². The number of fused-ring (bicyclic) bond motifs is 1.